The van der Waals surface area contributed by atoms with Crippen molar-refractivity contribution in [3.05, 3.63) is 64.7 Å². The quantitative estimate of drug-likeness (QED) is 0.630. The van der Waals surface area contributed by atoms with Gasteiger partial charge in [0.25, 0.3) is 0 Å². The molecule has 0 spiro atoms. The molecule has 1 aliphatic rings. The van der Waals surface area contributed by atoms with E-state index >= 15 is 0 Å². The second kappa shape index (κ2) is 10.7. The molecule has 0 saturated carbocycles. The molecule has 130 valence electrons. The summed E-state index contributed by atoms with van der Waals surface area (Å²) in [5, 5.41) is 9.85. The average Bonchev–Trinajstić information content (AvgIpc) is 2.80. The molecule has 2 aromatic carbocycles. The largest absolute Gasteiger partial charge is 0.508 e. The molecule has 0 saturated heterocycles. The summed E-state index contributed by atoms with van der Waals surface area (Å²) in [5.41, 5.74) is 5.14. The van der Waals surface area contributed by atoms with Crippen molar-refractivity contribution in [2.45, 2.75) is 59.8 Å². The van der Waals surface area contributed by atoms with Crippen LogP contribution in [0.15, 0.2) is 42.5 Å². The van der Waals surface area contributed by atoms with Gasteiger partial charge in [0.15, 0.2) is 0 Å². The SMILES string of the molecule is CC.CC.CCCCC1c2ccccc2C=Cc2ccc(O)cc21. The van der Waals surface area contributed by atoms with Crippen LogP contribution in [-0.2, 0) is 0 Å². The lowest BCUT2D eigenvalue weighted by Gasteiger charge is -2.20. The van der Waals surface area contributed by atoms with Gasteiger partial charge in [-0.05, 0) is 40.8 Å². The van der Waals surface area contributed by atoms with Crippen molar-refractivity contribution < 1.29 is 5.11 Å². The van der Waals surface area contributed by atoms with Crippen LogP contribution in [-0.4, -0.2) is 5.11 Å². The van der Waals surface area contributed by atoms with Gasteiger partial charge >= 0.3 is 0 Å². The molecule has 1 aliphatic carbocycles. The summed E-state index contributed by atoms with van der Waals surface area (Å²) in [4.78, 5) is 0. The molecule has 0 heterocycles. The fourth-order valence-corrected chi connectivity index (χ4v) is 3.06. The lowest BCUT2D eigenvalue weighted by atomic mass is 9.84. The van der Waals surface area contributed by atoms with Crippen LogP contribution in [0.5, 0.6) is 5.75 Å². The van der Waals surface area contributed by atoms with E-state index in [0.29, 0.717) is 11.7 Å². The van der Waals surface area contributed by atoms with Crippen LogP contribution < -0.4 is 0 Å². The van der Waals surface area contributed by atoms with E-state index in [-0.39, 0.29) is 0 Å². The lowest BCUT2D eigenvalue weighted by molar-refractivity contribution is 0.473. The molecular formula is C23H32O. The summed E-state index contributed by atoms with van der Waals surface area (Å²) in [6, 6.07) is 14.3. The number of phenolic OH excluding ortho intramolecular Hbond substituents is 1. The van der Waals surface area contributed by atoms with Gasteiger partial charge in [-0.1, -0.05) is 89.9 Å². The van der Waals surface area contributed by atoms with Crippen molar-refractivity contribution in [3.8, 4) is 5.75 Å². The molecule has 0 radical (unpaired) electrons. The topological polar surface area (TPSA) is 20.2 Å². The fraction of sp³-hybridized carbons (Fsp3) is 0.391. The molecule has 1 nitrogen and oxygen atoms in total. The second-order valence-corrected chi connectivity index (χ2v) is 5.47. The standard InChI is InChI=1S/C19H20O.2C2H6/c1-2-3-7-18-17-8-5-4-6-14(17)9-10-15-11-12-16(20)13-19(15)18;2*1-2/h4-6,8-13,18,20H,2-3,7H2,1H3;2*1-2H3. The van der Waals surface area contributed by atoms with Crippen molar-refractivity contribution in [2.75, 3.05) is 0 Å². The molecule has 0 amide bonds. The Hall–Kier alpha value is -2.02. The first-order valence-electron chi connectivity index (χ1n) is 9.39. The third-order valence-electron chi connectivity index (χ3n) is 4.11. The predicted octanol–water partition coefficient (Wildman–Crippen LogP) is 7.25. The molecular weight excluding hydrogens is 292 g/mol. The Kier molecular flexibility index (Phi) is 8.93. The van der Waals surface area contributed by atoms with E-state index in [9.17, 15) is 5.11 Å². The zero-order chi connectivity index (χ0) is 17.9. The molecule has 0 fully saturated rings. The van der Waals surface area contributed by atoms with E-state index in [1.54, 1.807) is 6.07 Å². The first-order chi connectivity index (χ1) is 11.8. The number of phenols is 1. The monoisotopic (exact) mass is 324 g/mol. The van der Waals surface area contributed by atoms with Crippen LogP contribution in [0.3, 0.4) is 0 Å². The Morgan fingerprint density at radius 1 is 0.833 bits per heavy atom. The highest BCUT2D eigenvalue weighted by atomic mass is 16.3. The first-order valence-corrected chi connectivity index (χ1v) is 9.39. The van der Waals surface area contributed by atoms with Crippen LogP contribution in [0.4, 0.5) is 0 Å². The van der Waals surface area contributed by atoms with E-state index in [4.69, 9.17) is 0 Å². The number of rotatable bonds is 3. The number of unbranched alkanes of at least 4 members (excludes halogenated alkanes) is 1. The van der Waals surface area contributed by atoms with E-state index < -0.39 is 0 Å². The minimum Gasteiger partial charge on any atom is -0.508 e. The van der Waals surface area contributed by atoms with Crippen LogP contribution in [0, 0.1) is 0 Å². The molecule has 2 aromatic rings. The first kappa shape index (κ1) is 20.0. The molecule has 0 bridgehead atoms. The Bertz CT molecular complexity index is 640. The maximum Gasteiger partial charge on any atom is 0.115 e. The van der Waals surface area contributed by atoms with Crippen molar-refractivity contribution in [2.24, 2.45) is 0 Å². The summed E-state index contributed by atoms with van der Waals surface area (Å²) in [5.74, 6) is 0.737. The third-order valence-corrected chi connectivity index (χ3v) is 4.11. The van der Waals surface area contributed by atoms with Crippen LogP contribution in [0.1, 0.15) is 82.1 Å². The molecule has 0 aromatic heterocycles. The molecule has 1 heteroatoms. The predicted molar refractivity (Wildman–Crippen MR) is 108 cm³/mol. The number of fused-ring (bicyclic) bond motifs is 2. The van der Waals surface area contributed by atoms with Crippen molar-refractivity contribution in [3.63, 3.8) is 0 Å². The lowest BCUT2D eigenvalue weighted by Crippen LogP contribution is -2.04. The summed E-state index contributed by atoms with van der Waals surface area (Å²) in [7, 11) is 0. The van der Waals surface area contributed by atoms with Gasteiger partial charge < -0.3 is 5.11 Å². The van der Waals surface area contributed by atoms with Crippen LogP contribution >= 0.6 is 0 Å². The van der Waals surface area contributed by atoms with Gasteiger partial charge in [0.2, 0.25) is 0 Å². The maximum atomic E-state index is 9.85. The van der Waals surface area contributed by atoms with E-state index in [1.165, 1.54) is 35.1 Å². The fourth-order valence-electron chi connectivity index (χ4n) is 3.06. The van der Waals surface area contributed by atoms with E-state index in [2.05, 4.69) is 43.3 Å². The zero-order valence-corrected chi connectivity index (χ0v) is 15.8. The molecule has 1 N–H and O–H groups in total. The molecule has 24 heavy (non-hydrogen) atoms. The Morgan fingerprint density at radius 3 is 2.12 bits per heavy atom. The van der Waals surface area contributed by atoms with E-state index in [1.807, 2.05) is 39.8 Å². The van der Waals surface area contributed by atoms with E-state index in [0.717, 1.165) is 6.42 Å². The zero-order valence-electron chi connectivity index (χ0n) is 15.8. The van der Waals surface area contributed by atoms with Crippen molar-refractivity contribution in [1.82, 2.24) is 0 Å². The third kappa shape index (κ3) is 4.74. The molecule has 3 rings (SSSR count). The summed E-state index contributed by atoms with van der Waals surface area (Å²) in [6.07, 6.45) is 7.89. The number of aromatic hydroxyl groups is 1. The van der Waals surface area contributed by atoms with Crippen molar-refractivity contribution in [1.29, 1.82) is 0 Å². The highest BCUT2D eigenvalue weighted by Crippen LogP contribution is 2.38. The van der Waals surface area contributed by atoms with Crippen molar-refractivity contribution >= 4 is 12.2 Å². The molecule has 1 atom stereocenters. The van der Waals surface area contributed by atoms with Gasteiger partial charge in [-0.25, -0.2) is 0 Å². The summed E-state index contributed by atoms with van der Waals surface area (Å²) < 4.78 is 0. The Morgan fingerprint density at radius 2 is 1.46 bits per heavy atom. The van der Waals surface area contributed by atoms with Crippen LogP contribution in [0.25, 0.3) is 12.2 Å². The van der Waals surface area contributed by atoms with Gasteiger partial charge in [0.1, 0.15) is 5.75 Å². The van der Waals surface area contributed by atoms with Gasteiger partial charge in [-0.2, -0.15) is 0 Å². The molecule has 1 unspecified atom stereocenters. The normalized spacial score (nSPS) is 14.1. The highest BCUT2D eigenvalue weighted by molar-refractivity contribution is 5.76. The van der Waals surface area contributed by atoms with Gasteiger partial charge in [0, 0.05) is 5.92 Å². The molecule has 0 aliphatic heterocycles. The summed E-state index contributed by atoms with van der Waals surface area (Å²) >= 11 is 0. The maximum absolute atomic E-state index is 9.85. The minimum atomic E-state index is 0.359. The van der Waals surface area contributed by atoms with Crippen LogP contribution in [0.2, 0.25) is 0 Å². The van der Waals surface area contributed by atoms with Gasteiger partial charge in [-0.15, -0.1) is 0 Å². The number of benzene rings is 2. The summed E-state index contributed by atoms with van der Waals surface area (Å²) in [6.45, 7) is 10.2. The van der Waals surface area contributed by atoms with Gasteiger partial charge in [-0.3, -0.25) is 0 Å². The van der Waals surface area contributed by atoms with Gasteiger partial charge in [0.05, 0.1) is 0 Å². The second-order valence-electron chi connectivity index (χ2n) is 5.47. The smallest absolute Gasteiger partial charge is 0.115 e. The number of hydrogen-bond acceptors (Lipinski definition) is 1. The Labute approximate surface area is 148 Å². The average molecular weight is 325 g/mol. The highest BCUT2D eigenvalue weighted by Gasteiger charge is 2.21. The Balaban J connectivity index is 0.000000671. The minimum absolute atomic E-state index is 0.359. The number of hydrogen-bond donors (Lipinski definition) is 1.